The minimum absolute atomic E-state index is 0.0153. The van der Waals surface area contributed by atoms with Crippen LogP contribution in [0.1, 0.15) is 24.5 Å². The van der Waals surface area contributed by atoms with Crippen molar-refractivity contribution < 1.29 is 4.79 Å². The van der Waals surface area contributed by atoms with E-state index in [1.54, 1.807) is 11.6 Å². The Labute approximate surface area is 136 Å². The summed E-state index contributed by atoms with van der Waals surface area (Å²) in [5, 5.41) is 5.39. The van der Waals surface area contributed by atoms with Crippen LogP contribution in [0.3, 0.4) is 0 Å². The zero-order valence-corrected chi connectivity index (χ0v) is 13.5. The molecule has 1 aliphatic rings. The maximum absolute atomic E-state index is 12.3. The van der Waals surface area contributed by atoms with E-state index in [2.05, 4.69) is 10.3 Å². The number of aromatic nitrogens is 3. The predicted molar refractivity (Wildman–Crippen MR) is 89.9 cm³/mol. The number of nitrogens with zero attached hydrogens (tertiary/aromatic N) is 3. The second kappa shape index (κ2) is 5.34. The van der Waals surface area contributed by atoms with Crippen LogP contribution in [-0.4, -0.2) is 20.0 Å². The lowest BCUT2D eigenvalue weighted by Crippen LogP contribution is -2.28. The first-order valence-corrected chi connectivity index (χ1v) is 8.41. The Morgan fingerprint density at radius 1 is 1.35 bits per heavy atom. The Hall–Kier alpha value is -2.41. The average molecular weight is 328 g/mol. The molecule has 0 unspecified atom stereocenters. The first kappa shape index (κ1) is 14.2. The molecule has 118 valence electrons. The van der Waals surface area contributed by atoms with E-state index in [1.165, 1.54) is 28.7 Å². The Balaban J connectivity index is 1.56. The van der Waals surface area contributed by atoms with Crippen molar-refractivity contribution in [3.05, 3.63) is 45.8 Å². The number of imidazole rings is 1. The molecule has 0 bridgehead atoms. The summed E-state index contributed by atoms with van der Waals surface area (Å²) in [6, 6.07) is 7.45. The van der Waals surface area contributed by atoms with Crippen LogP contribution in [0.25, 0.3) is 11.0 Å². The van der Waals surface area contributed by atoms with Crippen molar-refractivity contribution >= 4 is 33.4 Å². The molecule has 1 amide bonds. The van der Waals surface area contributed by atoms with Gasteiger partial charge >= 0.3 is 5.69 Å². The Morgan fingerprint density at radius 3 is 2.83 bits per heavy atom. The largest absolute Gasteiger partial charge is 0.329 e. The van der Waals surface area contributed by atoms with Crippen LogP contribution in [0, 0.1) is 0 Å². The number of fused-ring (bicyclic) bond motifs is 1. The van der Waals surface area contributed by atoms with Gasteiger partial charge in [-0.15, -0.1) is 11.3 Å². The third-order valence-electron chi connectivity index (χ3n) is 4.12. The molecule has 1 saturated carbocycles. The van der Waals surface area contributed by atoms with Crippen LogP contribution in [-0.2, 0) is 18.4 Å². The molecular formula is C16H16N4O2S. The van der Waals surface area contributed by atoms with Gasteiger partial charge in [0.2, 0.25) is 5.91 Å². The first-order chi connectivity index (χ1) is 11.1. The third-order valence-corrected chi connectivity index (χ3v) is 4.89. The van der Waals surface area contributed by atoms with Crippen molar-refractivity contribution in [1.29, 1.82) is 0 Å². The predicted octanol–water partition coefficient (Wildman–Crippen LogP) is 2.31. The lowest BCUT2D eigenvalue weighted by molar-refractivity contribution is -0.116. The Bertz CT molecular complexity index is 949. The third kappa shape index (κ3) is 2.57. The van der Waals surface area contributed by atoms with Gasteiger partial charge in [-0.1, -0.05) is 12.1 Å². The van der Waals surface area contributed by atoms with Crippen molar-refractivity contribution in [2.24, 2.45) is 7.05 Å². The molecule has 23 heavy (non-hydrogen) atoms. The van der Waals surface area contributed by atoms with Gasteiger partial charge in [-0.3, -0.25) is 13.9 Å². The smallest absolute Gasteiger partial charge is 0.300 e. The molecule has 1 aliphatic carbocycles. The summed E-state index contributed by atoms with van der Waals surface area (Å²) >= 11 is 1.43. The van der Waals surface area contributed by atoms with Crippen molar-refractivity contribution in [2.75, 3.05) is 5.32 Å². The quantitative estimate of drug-likeness (QED) is 0.799. The number of nitrogens with one attached hydrogen (secondary N) is 1. The van der Waals surface area contributed by atoms with Crippen molar-refractivity contribution in [2.45, 2.75) is 25.3 Å². The number of anilines is 1. The lowest BCUT2D eigenvalue weighted by Gasteiger charge is -2.03. The topological polar surface area (TPSA) is 68.9 Å². The minimum atomic E-state index is -0.236. The molecule has 7 heteroatoms. The number of carbonyl (C=O) groups is 1. The van der Waals surface area contributed by atoms with Crippen LogP contribution < -0.4 is 11.0 Å². The molecule has 0 saturated heterocycles. The molecule has 2 heterocycles. The van der Waals surface area contributed by atoms with Gasteiger partial charge in [0.15, 0.2) is 5.13 Å². The van der Waals surface area contributed by atoms with E-state index in [4.69, 9.17) is 0 Å². The zero-order valence-electron chi connectivity index (χ0n) is 12.7. The number of benzene rings is 1. The summed E-state index contributed by atoms with van der Waals surface area (Å²) in [4.78, 5) is 29.0. The van der Waals surface area contributed by atoms with Gasteiger partial charge in [0.1, 0.15) is 6.54 Å². The van der Waals surface area contributed by atoms with Crippen LogP contribution in [0.5, 0.6) is 0 Å². The van der Waals surface area contributed by atoms with Crippen LogP contribution in [0.4, 0.5) is 5.13 Å². The highest BCUT2D eigenvalue weighted by Gasteiger charge is 2.26. The van der Waals surface area contributed by atoms with Crippen LogP contribution >= 0.6 is 11.3 Å². The summed E-state index contributed by atoms with van der Waals surface area (Å²) in [7, 11) is 1.71. The number of amides is 1. The van der Waals surface area contributed by atoms with Crippen LogP contribution in [0.2, 0.25) is 0 Å². The van der Waals surface area contributed by atoms with Gasteiger partial charge in [0.25, 0.3) is 0 Å². The van der Waals surface area contributed by atoms with Gasteiger partial charge in [0.05, 0.1) is 16.7 Å². The summed E-state index contributed by atoms with van der Waals surface area (Å²) in [5.41, 5.74) is 2.44. The van der Waals surface area contributed by atoms with E-state index < -0.39 is 0 Å². The highest BCUT2D eigenvalue weighted by atomic mass is 32.1. The number of hydrogen-bond donors (Lipinski definition) is 1. The molecule has 1 N–H and O–H groups in total. The number of rotatable bonds is 4. The summed E-state index contributed by atoms with van der Waals surface area (Å²) < 4.78 is 3.04. The summed E-state index contributed by atoms with van der Waals surface area (Å²) in [5.74, 6) is 0.331. The maximum Gasteiger partial charge on any atom is 0.329 e. The van der Waals surface area contributed by atoms with Gasteiger partial charge in [-0.25, -0.2) is 9.78 Å². The molecule has 3 aromatic rings. The standard InChI is InChI=1S/C16H16N4O2S/c1-19-12-4-2-3-5-13(12)20(16(19)22)8-14(21)18-15-17-11(9-23-15)10-6-7-10/h2-5,9-10H,6-8H2,1H3,(H,17,18,21). The fraction of sp³-hybridized carbons (Fsp3) is 0.312. The fourth-order valence-corrected chi connectivity index (χ4v) is 3.54. The molecule has 6 nitrogen and oxygen atoms in total. The molecule has 4 rings (SSSR count). The average Bonchev–Trinajstić information content (AvgIpc) is 3.26. The second-order valence-electron chi connectivity index (χ2n) is 5.82. The van der Waals surface area contributed by atoms with Gasteiger partial charge in [0, 0.05) is 18.3 Å². The monoisotopic (exact) mass is 328 g/mol. The van der Waals surface area contributed by atoms with Crippen molar-refractivity contribution in [3.8, 4) is 0 Å². The first-order valence-electron chi connectivity index (χ1n) is 7.53. The van der Waals surface area contributed by atoms with E-state index in [1.807, 2.05) is 29.6 Å². The molecule has 0 aliphatic heterocycles. The minimum Gasteiger partial charge on any atom is -0.300 e. The van der Waals surface area contributed by atoms with Gasteiger partial charge in [-0.05, 0) is 25.0 Å². The fourth-order valence-electron chi connectivity index (χ4n) is 2.73. The molecule has 0 atom stereocenters. The number of para-hydroxylation sites is 2. The Morgan fingerprint density at radius 2 is 2.09 bits per heavy atom. The van der Waals surface area contributed by atoms with Crippen LogP contribution in [0.15, 0.2) is 34.4 Å². The SMILES string of the molecule is Cn1c(=O)n(CC(=O)Nc2nc(C3CC3)cs2)c2ccccc21. The molecule has 0 spiro atoms. The number of carbonyl (C=O) groups excluding carboxylic acids is 1. The Kier molecular flexibility index (Phi) is 3.30. The van der Waals surface area contributed by atoms with Gasteiger partial charge in [-0.2, -0.15) is 0 Å². The molecular weight excluding hydrogens is 312 g/mol. The van der Waals surface area contributed by atoms with E-state index in [0.29, 0.717) is 11.0 Å². The van der Waals surface area contributed by atoms with Crippen molar-refractivity contribution in [3.63, 3.8) is 0 Å². The summed E-state index contributed by atoms with van der Waals surface area (Å²) in [6.45, 7) is -0.0153. The van der Waals surface area contributed by atoms with Crippen molar-refractivity contribution in [1.82, 2.24) is 14.1 Å². The van der Waals surface area contributed by atoms with E-state index in [-0.39, 0.29) is 18.1 Å². The number of thiazole rings is 1. The maximum atomic E-state index is 12.3. The summed E-state index contributed by atoms with van der Waals surface area (Å²) in [6.07, 6.45) is 2.37. The molecule has 0 radical (unpaired) electrons. The second-order valence-corrected chi connectivity index (χ2v) is 6.67. The zero-order chi connectivity index (χ0) is 16.0. The molecule has 1 aromatic carbocycles. The normalized spacial score (nSPS) is 14.3. The van der Waals surface area contributed by atoms with E-state index in [0.717, 1.165) is 16.7 Å². The molecule has 2 aromatic heterocycles. The number of hydrogen-bond acceptors (Lipinski definition) is 4. The highest BCUT2D eigenvalue weighted by molar-refractivity contribution is 7.13. The van der Waals surface area contributed by atoms with E-state index >= 15 is 0 Å². The lowest BCUT2D eigenvalue weighted by atomic mass is 10.3. The highest BCUT2D eigenvalue weighted by Crippen LogP contribution is 2.40. The van der Waals surface area contributed by atoms with E-state index in [9.17, 15) is 9.59 Å². The number of aryl methyl sites for hydroxylation is 1. The molecule has 1 fully saturated rings. The van der Waals surface area contributed by atoms with Gasteiger partial charge < -0.3 is 5.32 Å².